The highest BCUT2D eigenvalue weighted by Gasteiger charge is 2.17. The number of hydrogen-bond donors (Lipinski definition) is 1. The van der Waals surface area contributed by atoms with Gasteiger partial charge in [-0.05, 0) is 5.92 Å². The molecular weight excluding hydrogens is 156 g/mol. The zero-order valence-corrected chi connectivity index (χ0v) is 7.83. The number of hydrogen-bond acceptors (Lipinski definition) is 2. The van der Waals surface area contributed by atoms with Gasteiger partial charge in [0.1, 0.15) is 0 Å². The van der Waals surface area contributed by atoms with Crippen molar-refractivity contribution in [3.05, 3.63) is 15.9 Å². The van der Waals surface area contributed by atoms with Crippen molar-refractivity contribution in [3.8, 4) is 5.88 Å². The van der Waals surface area contributed by atoms with E-state index in [-0.39, 0.29) is 17.4 Å². The zero-order valence-electron chi connectivity index (χ0n) is 7.83. The van der Waals surface area contributed by atoms with Crippen LogP contribution >= 0.6 is 0 Å². The van der Waals surface area contributed by atoms with Crippen LogP contribution in [-0.4, -0.2) is 14.5 Å². The Hall–Kier alpha value is -1.19. The van der Waals surface area contributed by atoms with Crippen LogP contribution in [0, 0.1) is 0 Å². The molecule has 0 aliphatic heterocycles. The van der Waals surface area contributed by atoms with Crippen LogP contribution in [0.15, 0.2) is 4.79 Å². The van der Waals surface area contributed by atoms with Gasteiger partial charge in [-0.25, -0.2) is 0 Å². The van der Waals surface area contributed by atoms with Crippen LogP contribution in [-0.2, 0) is 14.1 Å². The maximum atomic E-state index is 11.4. The Morgan fingerprint density at radius 3 is 1.92 bits per heavy atom. The van der Waals surface area contributed by atoms with E-state index >= 15 is 0 Å². The molecular formula is C8H14N2O2. The van der Waals surface area contributed by atoms with Crippen molar-refractivity contribution in [2.75, 3.05) is 0 Å². The maximum absolute atomic E-state index is 11.4. The molecule has 0 unspecified atom stereocenters. The van der Waals surface area contributed by atoms with Crippen molar-refractivity contribution in [1.29, 1.82) is 0 Å². The second-order valence-electron chi connectivity index (χ2n) is 3.24. The van der Waals surface area contributed by atoms with E-state index in [1.165, 1.54) is 9.36 Å². The Bertz CT molecular complexity index is 347. The van der Waals surface area contributed by atoms with Crippen LogP contribution in [0.4, 0.5) is 0 Å². The third-order valence-electron chi connectivity index (χ3n) is 2.10. The molecule has 0 aliphatic rings. The summed E-state index contributed by atoms with van der Waals surface area (Å²) in [4.78, 5) is 11.4. The Balaban J connectivity index is 3.49. The molecule has 4 nitrogen and oxygen atoms in total. The molecule has 12 heavy (non-hydrogen) atoms. The lowest BCUT2D eigenvalue weighted by molar-refractivity contribution is 0.392. The maximum Gasteiger partial charge on any atom is 0.273 e. The number of nitrogens with zero attached hydrogens (tertiary/aromatic N) is 2. The minimum absolute atomic E-state index is 0.0601. The highest BCUT2D eigenvalue weighted by molar-refractivity contribution is 5.26. The third-order valence-corrected chi connectivity index (χ3v) is 2.10. The van der Waals surface area contributed by atoms with Crippen molar-refractivity contribution in [3.63, 3.8) is 0 Å². The molecule has 0 amide bonds. The van der Waals surface area contributed by atoms with Crippen molar-refractivity contribution >= 4 is 0 Å². The molecule has 0 fully saturated rings. The van der Waals surface area contributed by atoms with Gasteiger partial charge in [0.2, 0.25) is 5.88 Å². The molecule has 0 saturated heterocycles. The monoisotopic (exact) mass is 170 g/mol. The fraction of sp³-hybridized carbons (Fsp3) is 0.625. The van der Waals surface area contributed by atoms with E-state index in [1.807, 2.05) is 13.8 Å². The van der Waals surface area contributed by atoms with E-state index in [0.717, 1.165) is 0 Å². The Labute approximate surface area is 71.0 Å². The van der Waals surface area contributed by atoms with Gasteiger partial charge in [-0.1, -0.05) is 13.8 Å². The first-order chi connectivity index (χ1) is 5.46. The average Bonchev–Trinajstić information content (AvgIpc) is 2.16. The van der Waals surface area contributed by atoms with Gasteiger partial charge in [0.05, 0.1) is 5.56 Å². The first-order valence-electron chi connectivity index (χ1n) is 3.91. The highest BCUT2D eigenvalue weighted by atomic mass is 16.3. The summed E-state index contributed by atoms with van der Waals surface area (Å²) in [6, 6.07) is 0. The molecule has 4 heteroatoms. The highest BCUT2D eigenvalue weighted by Crippen LogP contribution is 2.20. The summed E-state index contributed by atoms with van der Waals surface area (Å²) < 4.78 is 2.84. The van der Waals surface area contributed by atoms with E-state index < -0.39 is 0 Å². The second kappa shape index (κ2) is 2.69. The molecule has 0 radical (unpaired) electrons. The fourth-order valence-corrected chi connectivity index (χ4v) is 1.23. The molecule has 68 valence electrons. The van der Waals surface area contributed by atoms with Crippen molar-refractivity contribution in [2.45, 2.75) is 19.8 Å². The summed E-state index contributed by atoms with van der Waals surface area (Å²) >= 11 is 0. The van der Waals surface area contributed by atoms with Crippen molar-refractivity contribution in [2.24, 2.45) is 14.1 Å². The normalized spacial score (nSPS) is 11.1. The van der Waals surface area contributed by atoms with E-state index in [1.54, 1.807) is 14.1 Å². The molecule has 0 saturated carbocycles. The van der Waals surface area contributed by atoms with Crippen LogP contribution in [0.1, 0.15) is 25.3 Å². The topological polar surface area (TPSA) is 47.2 Å². The predicted molar refractivity (Wildman–Crippen MR) is 46.4 cm³/mol. The first-order valence-corrected chi connectivity index (χ1v) is 3.91. The minimum atomic E-state index is -0.120. The third kappa shape index (κ3) is 1.03. The summed E-state index contributed by atoms with van der Waals surface area (Å²) in [5.41, 5.74) is 0.366. The molecule has 1 heterocycles. The zero-order chi connectivity index (χ0) is 9.46. The molecule has 1 aromatic heterocycles. The molecule has 0 aliphatic carbocycles. The predicted octanol–water partition coefficient (Wildman–Crippen LogP) is 0.553. The van der Waals surface area contributed by atoms with Gasteiger partial charge < -0.3 is 5.11 Å². The van der Waals surface area contributed by atoms with Crippen LogP contribution in [0.2, 0.25) is 0 Å². The van der Waals surface area contributed by atoms with Gasteiger partial charge in [-0.15, -0.1) is 0 Å². The SMILES string of the molecule is CC(C)c1c(O)n(C)n(C)c1=O. The molecule has 1 N–H and O–H groups in total. The Kier molecular flexibility index (Phi) is 2.00. The minimum Gasteiger partial charge on any atom is -0.493 e. The summed E-state index contributed by atoms with van der Waals surface area (Å²) in [5.74, 6) is 0.127. The van der Waals surface area contributed by atoms with Gasteiger partial charge in [-0.3, -0.25) is 14.2 Å². The standard InChI is InChI=1S/C8H14N2O2/c1-5(2)6-7(11)9(3)10(4)8(6)12/h5,11H,1-4H3. The summed E-state index contributed by atoms with van der Waals surface area (Å²) in [5, 5.41) is 9.51. The molecule has 0 bridgehead atoms. The molecule has 1 aromatic rings. The van der Waals surface area contributed by atoms with Crippen molar-refractivity contribution < 1.29 is 5.11 Å². The Morgan fingerprint density at radius 2 is 1.75 bits per heavy atom. The Morgan fingerprint density at radius 1 is 1.25 bits per heavy atom. The van der Waals surface area contributed by atoms with Crippen LogP contribution in [0.25, 0.3) is 0 Å². The fourth-order valence-electron chi connectivity index (χ4n) is 1.23. The average molecular weight is 170 g/mol. The van der Waals surface area contributed by atoms with E-state index in [9.17, 15) is 9.90 Å². The lowest BCUT2D eigenvalue weighted by atomic mass is 10.1. The first kappa shape index (κ1) is 8.90. The quantitative estimate of drug-likeness (QED) is 0.669. The van der Waals surface area contributed by atoms with E-state index in [2.05, 4.69) is 0 Å². The summed E-state index contributed by atoms with van der Waals surface area (Å²) in [6.45, 7) is 3.77. The number of aromatic hydroxyl groups is 1. The number of aromatic nitrogens is 2. The molecule has 0 atom stereocenters. The van der Waals surface area contributed by atoms with E-state index in [0.29, 0.717) is 5.56 Å². The van der Waals surface area contributed by atoms with Gasteiger partial charge in [-0.2, -0.15) is 0 Å². The molecule has 0 spiro atoms. The van der Waals surface area contributed by atoms with Gasteiger partial charge in [0.25, 0.3) is 5.56 Å². The van der Waals surface area contributed by atoms with Crippen molar-refractivity contribution in [1.82, 2.24) is 9.36 Å². The largest absolute Gasteiger partial charge is 0.493 e. The molecule has 0 aromatic carbocycles. The van der Waals surface area contributed by atoms with Crippen LogP contribution in [0.5, 0.6) is 5.88 Å². The van der Waals surface area contributed by atoms with Crippen LogP contribution < -0.4 is 5.56 Å². The van der Waals surface area contributed by atoms with Gasteiger partial charge in [0, 0.05) is 14.1 Å². The smallest absolute Gasteiger partial charge is 0.273 e. The van der Waals surface area contributed by atoms with Crippen LogP contribution in [0.3, 0.4) is 0 Å². The summed E-state index contributed by atoms with van der Waals surface area (Å²) in [7, 11) is 3.29. The lowest BCUT2D eigenvalue weighted by Gasteiger charge is -2.00. The summed E-state index contributed by atoms with van der Waals surface area (Å²) in [6.07, 6.45) is 0. The van der Waals surface area contributed by atoms with Gasteiger partial charge in [0.15, 0.2) is 0 Å². The number of rotatable bonds is 1. The lowest BCUT2D eigenvalue weighted by Crippen LogP contribution is -2.19. The molecule has 1 rings (SSSR count). The second-order valence-corrected chi connectivity index (χ2v) is 3.24. The van der Waals surface area contributed by atoms with Gasteiger partial charge >= 0.3 is 0 Å². The van der Waals surface area contributed by atoms with E-state index in [4.69, 9.17) is 0 Å².